The molecule has 1 aromatic carbocycles. The predicted molar refractivity (Wildman–Crippen MR) is 62.8 cm³/mol. The maximum Gasteiger partial charge on any atom is 0.340 e. The van der Waals surface area contributed by atoms with Crippen molar-refractivity contribution >= 4 is 27.6 Å². The third kappa shape index (κ3) is 2.70. The van der Waals surface area contributed by atoms with E-state index in [9.17, 15) is 4.79 Å². The number of halogens is 1. The molecule has 5 heteroatoms. The monoisotopic (exact) mass is 272 g/mol. The van der Waals surface area contributed by atoms with E-state index in [1.54, 1.807) is 19.1 Å². The van der Waals surface area contributed by atoms with Crippen LogP contribution in [-0.2, 0) is 10.1 Å². The van der Waals surface area contributed by atoms with Gasteiger partial charge in [-0.1, -0.05) is 28.1 Å². The molecular weight excluding hydrogens is 260 g/mol. The van der Waals surface area contributed by atoms with Crippen LogP contribution >= 0.6 is 15.9 Å². The van der Waals surface area contributed by atoms with Gasteiger partial charge in [0.15, 0.2) is 0 Å². The number of hydrogen-bond donors (Lipinski definition) is 2. The molecule has 0 aromatic heterocycles. The third-order valence-electron chi connectivity index (χ3n) is 1.93. The van der Waals surface area contributed by atoms with Crippen LogP contribution in [0, 0.1) is 0 Å². The number of carbonyl (C=O) groups excluding carboxylic acids is 1. The highest BCUT2D eigenvalue weighted by Gasteiger charge is 2.14. The Morgan fingerprint density at radius 2 is 2.33 bits per heavy atom. The van der Waals surface area contributed by atoms with Gasteiger partial charge in [-0.2, -0.15) is 0 Å². The number of rotatable bonds is 4. The van der Waals surface area contributed by atoms with Gasteiger partial charge in [0.25, 0.3) is 0 Å². The normalized spacial score (nSPS) is 9.80. The highest BCUT2D eigenvalue weighted by Crippen LogP contribution is 2.23. The van der Waals surface area contributed by atoms with Crippen LogP contribution in [0.2, 0.25) is 0 Å². The Bertz CT molecular complexity index is 355. The minimum absolute atomic E-state index is 0.349. The quantitative estimate of drug-likeness (QED) is 0.381. The smallest absolute Gasteiger partial charge is 0.340 e. The van der Waals surface area contributed by atoms with Gasteiger partial charge in [-0.25, -0.2) is 4.79 Å². The molecule has 0 aliphatic heterocycles. The Morgan fingerprint density at radius 1 is 1.60 bits per heavy atom. The number of alkyl halides is 1. The molecule has 0 aliphatic rings. The first-order chi connectivity index (χ1) is 7.24. The van der Waals surface area contributed by atoms with E-state index in [2.05, 4.69) is 21.4 Å². The molecule has 0 heterocycles. The van der Waals surface area contributed by atoms with Crippen molar-refractivity contribution in [2.45, 2.75) is 12.3 Å². The Morgan fingerprint density at radius 3 is 2.87 bits per heavy atom. The number of hydrogen-bond acceptors (Lipinski definition) is 4. The summed E-state index contributed by atoms with van der Waals surface area (Å²) in [6.07, 6.45) is 0. The van der Waals surface area contributed by atoms with Crippen molar-refractivity contribution in [3.05, 3.63) is 29.3 Å². The fourth-order valence-corrected chi connectivity index (χ4v) is 1.73. The molecule has 0 fully saturated rings. The molecule has 82 valence electrons. The molecule has 0 saturated heterocycles. The van der Waals surface area contributed by atoms with Gasteiger partial charge in [0.05, 0.1) is 17.9 Å². The summed E-state index contributed by atoms with van der Waals surface area (Å²) in [5.74, 6) is 5.02. The zero-order valence-electron chi connectivity index (χ0n) is 8.42. The number of esters is 1. The molecule has 0 unspecified atom stereocenters. The van der Waals surface area contributed by atoms with Crippen LogP contribution in [-0.4, -0.2) is 12.6 Å². The standard InChI is InChI=1S/C10H13BrN2O2/c1-2-15-10(14)8-5-3-4-7(6-11)9(8)13-12/h3-5,13H,2,6,12H2,1H3. The van der Waals surface area contributed by atoms with E-state index >= 15 is 0 Å². The summed E-state index contributed by atoms with van der Waals surface area (Å²) in [5, 5.41) is 0.625. The van der Waals surface area contributed by atoms with Crippen LogP contribution in [0.3, 0.4) is 0 Å². The van der Waals surface area contributed by atoms with E-state index in [0.717, 1.165) is 5.56 Å². The third-order valence-corrected chi connectivity index (χ3v) is 2.54. The molecule has 0 aliphatic carbocycles. The fourth-order valence-electron chi connectivity index (χ4n) is 1.26. The van der Waals surface area contributed by atoms with Gasteiger partial charge in [0, 0.05) is 5.33 Å². The maximum absolute atomic E-state index is 11.6. The van der Waals surface area contributed by atoms with E-state index in [-0.39, 0.29) is 5.97 Å². The number of benzene rings is 1. The second-order valence-electron chi connectivity index (χ2n) is 2.84. The SMILES string of the molecule is CCOC(=O)c1cccc(CBr)c1NN. The number of nitrogens with two attached hydrogens (primary N) is 1. The van der Waals surface area contributed by atoms with Crippen molar-refractivity contribution in [1.29, 1.82) is 0 Å². The molecule has 0 amide bonds. The lowest BCUT2D eigenvalue weighted by atomic mass is 10.1. The van der Waals surface area contributed by atoms with Crippen LogP contribution in [0.25, 0.3) is 0 Å². The van der Waals surface area contributed by atoms with Crippen LogP contribution in [0.5, 0.6) is 0 Å². The van der Waals surface area contributed by atoms with Crippen LogP contribution in [0.4, 0.5) is 5.69 Å². The molecule has 1 rings (SSSR count). The number of ether oxygens (including phenoxy) is 1. The zero-order valence-corrected chi connectivity index (χ0v) is 10.0. The molecule has 0 atom stereocenters. The average molecular weight is 273 g/mol. The Balaban J connectivity index is 3.11. The van der Waals surface area contributed by atoms with Gasteiger partial charge in [-0.05, 0) is 18.6 Å². The van der Waals surface area contributed by atoms with E-state index in [4.69, 9.17) is 10.6 Å². The van der Waals surface area contributed by atoms with Gasteiger partial charge < -0.3 is 10.2 Å². The number of carbonyl (C=O) groups is 1. The van der Waals surface area contributed by atoms with Gasteiger partial charge >= 0.3 is 5.97 Å². The maximum atomic E-state index is 11.6. The van der Waals surface area contributed by atoms with Gasteiger partial charge in [-0.15, -0.1) is 0 Å². The highest BCUT2D eigenvalue weighted by atomic mass is 79.9. The summed E-state index contributed by atoms with van der Waals surface area (Å²) in [4.78, 5) is 11.6. The predicted octanol–water partition coefficient (Wildman–Crippen LogP) is 2.04. The summed E-state index contributed by atoms with van der Waals surface area (Å²) in [5.41, 5.74) is 4.50. The number of nitrogen functional groups attached to an aromatic ring is 1. The van der Waals surface area contributed by atoms with Crippen LogP contribution in [0.15, 0.2) is 18.2 Å². The van der Waals surface area contributed by atoms with Crippen molar-refractivity contribution in [3.8, 4) is 0 Å². The molecular formula is C10H13BrN2O2. The van der Waals surface area contributed by atoms with E-state index < -0.39 is 0 Å². The van der Waals surface area contributed by atoms with Crippen LogP contribution < -0.4 is 11.3 Å². The van der Waals surface area contributed by atoms with E-state index in [0.29, 0.717) is 23.2 Å². The highest BCUT2D eigenvalue weighted by molar-refractivity contribution is 9.08. The minimum Gasteiger partial charge on any atom is -0.462 e. The molecule has 1 aromatic rings. The van der Waals surface area contributed by atoms with Gasteiger partial charge in [0.1, 0.15) is 0 Å². The molecule has 0 saturated carbocycles. The summed E-state index contributed by atoms with van der Waals surface area (Å²) in [6.45, 7) is 2.11. The van der Waals surface area contributed by atoms with E-state index in [1.165, 1.54) is 0 Å². The van der Waals surface area contributed by atoms with Crippen molar-refractivity contribution < 1.29 is 9.53 Å². The number of nitrogens with one attached hydrogen (secondary N) is 1. The van der Waals surface area contributed by atoms with Gasteiger partial charge in [-0.3, -0.25) is 5.84 Å². The van der Waals surface area contributed by atoms with Gasteiger partial charge in [0.2, 0.25) is 0 Å². The van der Waals surface area contributed by atoms with E-state index in [1.807, 2.05) is 6.07 Å². The average Bonchev–Trinajstić information content (AvgIpc) is 2.28. The zero-order chi connectivity index (χ0) is 11.3. The molecule has 3 N–H and O–H groups in total. The second kappa shape index (κ2) is 5.72. The second-order valence-corrected chi connectivity index (χ2v) is 3.40. The Hall–Kier alpha value is -1.07. The molecule has 0 radical (unpaired) electrons. The van der Waals surface area contributed by atoms with Crippen molar-refractivity contribution in [3.63, 3.8) is 0 Å². The number of hydrazine groups is 1. The first-order valence-corrected chi connectivity index (χ1v) is 5.68. The summed E-state index contributed by atoms with van der Waals surface area (Å²) >= 11 is 3.32. The topological polar surface area (TPSA) is 64.3 Å². The van der Waals surface area contributed by atoms with Crippen molar-refractivity contribution in [2.75, 3.05) is 12.0 Å². The molecule has 15 heavy (non-hydrogen) atoms. The fraction of sp³-hybridized carbons (Fsp3) is 0.300. The Kier molecular flexibility index (Phi) is 4.58. The summed E-state index contributed by atoms with van der Waals surface area (Å²) in [6, 6.07) is 5.36. The first kappa shape index (κ1) is 12.0. The lowest BCUT2D eigenvalue weighted by Gasteiger charge is -2.11. The molecule has 0 spiro atoms. The molecule has 4 nitrogen and oxygen atoms in total. The van der Waals surface area contributed by atoms with Crippen molar-refractivity contribution in [2.24, 2.45) is 5.84 Å². The summed E-state index contributed by atoms with van der Waals surface area (Å²) < 4.78 is 4.92. The lowest BCUT2D eigenvalue weighted by molar-refractivity contribution is 0.0527. The largest absolute Gasteiger partial charge is 0.462 e. The molecule has 0 bridgehead atoms. The minimum atomic E-state index is -0.367. The number of para-hydroxylation sites is 1. The van der Waals surface area contributed by atoms with Crippen molar-refractivity contribution in [1.82, 2.24) is 0 Å². The lowest BCUT2D eigenvalue weighted by Crippen LogP contribution is -2.15. The number of anilines is 1. The van der Waals surface area contributed by atoms with Crippen LogP contribution in [0.1, 0.15) is 22.8 Å². The Labute approximate surface area is 96.9 Å². The first-order valence-electron chi connectivity index (χ1n) is 4.56. The summed E-state index contributed by atoms with van der Waals surface area (Å²) in [7, 11) is 0.